The molecular weight excluding hydrogens is 119 g/mol. The van der Waals surface area contributed by atoms with E-state index in [9.17, 15) is 0 Å². The van der Waals surface area contributed by atoms with Gasteiger partial charge in [0.05, 0.1) is 0 Å². The summed E-state index contributed by atoms with van der Waals surface area (Å²) in [6.07, 6.45) is 0. The summed E-state index contributed by atoms with van der Waals surface area (Å²) in [5.74, 6) is 0.653. The molecule has 0 saturated carbocycles. The minimum absolute atomic E-state index is 0.653. The van der Waals surface area contributed by atoms with Gasteiger partial charge in [-0.05, 0) is 18.4 Å². The molecule has 0 fully saturated rings. The molecule has 0 amide bonds. The molecule has 0 nitrogen and oxygen atoms in total. The molecule has 0 saturated heterocycles. The minimum atomic E-state index is 0.653. The summed E-state index contributed by atoms with van der Waals surface area (Å²) in [5.41, 5.74) is 2.76. The van der Waals surface area contributed by atoms with Crippen molar-refractivity contribution in [3.05, 3.63) is 35.4 Å². The van der Waals surface area contributed by atoms with Crippen molar-refractivity contribution in [1.29, 1.82) is 0 Å². The third-order valence-corrected chi connectivity index (χ3v) is 1.74. The highest BCUT2D eigenvalue weighted by Crippen LogP contribution is 2.13. The van der Waals surface area contributed by atoms with Gasteiger partial charge in [0.25, 0.3) is 0 Å². The monoisotopic (exact) mass is 133 g/mol. The Labute approximate surface area is 62.9 Å². The minimum Gasteiger partial charge on any atom is -0.0590 e. The van der Waals surface area contributed by atoms with E-state index in [1.54, 1.807) is 0 Å². The zero-order chi connectivity index (χ0) is 7.56. The van der Waals surface area contributed by atoms with Gasteiger partial charge in [0.1, 0.15) is 0 Å². The molecule has 0 heteroatoms. The van der Waals surface area contributed by atoms with Crippen molar-refractivity contribution >= 4 is 0 Å². The van der Waals surface area contributed by atoms with Crippen molar-refractivity contribution < 1.29 is 0 Å². The van der Waals surface area contributed by atoms with E-state index in [-0.39, 0.29) is 0 Å². The number of rotatable bonds is 1. The molecule has 1 aromatic rings. The Bertz CT molecular complexity index is 194. The van der Waals surface area contributed by atoms with Crippen LogP contribution in [0.1, 0.15) is 30.9 Å². The van der Waals surface area contributed by atoms with E-state index in [0.29, 0.717) is 5.92 Å². The molecule has 1 aromatic carbocycles. The number of hydrogen-bond acceptors (Lipinski definition) is 0. The van der Waals surface area contributed by atoms with Crippen molar-refractivity contribution in [3.63, 3.8) is 0 Å². The van der Waals surface area contributed by atoms with Gasteiger partial charge < -0.3 is 0 Å². The van der Waals surface area contributed by atoms with Gasteiger partial charge in [-0.15, -0.1) is 0 Å². The van der Waals surface area contributed by atoms with E-state index in [1.807, 2.05) is 0 Å². The van der Waals surface area contributed by atoms with E-state index in [4.69, 9.17) is 0 Å². The standard InChI is InChI=1S/C10H14/c1-8(2)10-6-4-9(3)5-7-10/h4-8H,1-3H3/i3-1. The van der Waals surface area contributed by atoms with Crippen molar-refractivity contribution in [2.45, 2.75) is 26.7 Å². The van der Waals surface area contributed by atoms with Crippen molar-refractivity contribution in [2.24, 2.45) is 0 Å². The van der Waals surface area contributed by atoms with E-state index in [1.165, 1.54) is 11.1 Å². The van der Waals surface area contributed by atoms with Gasteiger partial charge >= 0.3 is 0 Å². The summed E-state index contributed by atoms with van der Waals surface area (Å²) in [6.45, 7) is 6.54. The van der Waals surface area contributed by atoms with Crippen LogP contribution in [0.4, 0.5) is 0 Å². The molecule has 10 heavy (non-hydrogen) atoms. The lowest BCUT2D eigenvalue weighted by atomic mass is 9.97. The molecule has 0 unspecified atom stereocenters. The highest BCUT2D eigenvalue weighted by molar-refractivity contribution is 5.23. The molecule has 0 aliphatic carbocycles. The lowest BCUT2D eigenvalue weighted by Crippen LogP contribution is -1.85. The van der Waals surface area contributed by atoms with Crippen molar-refractivity contribution in [2.75, 3.05) is 0 Å². The van der Waals surface area contributed by atoms with E-state index < -0.39 is 0 Å². The molecule has 0 atom stereocenters. The lowest BCUT2D eigenvalue weighted by molar-refractivity contribution is 0.866. The fraction of sp³-hybridized carbons (Fsp3) is 0.400. The zero-order valence-electron chi connectivity index (χ0n) is 6.89. The Morgan fingerprint density at radius 3 is 1.90 bits per heavy atom. The Kier molecular flexibility index (Phi) is 2.10. The summed E-state index contributed by atoms with van der Waals surface area (Å²) in [7, 11) is 0. The van der Waals surface area contributed by atoms with Crippen LogP contribution in [0.3, 0.4) is 0 Å². The van der Waals surface area contributed by atoms with Crippen molar-refractivity contribution in [3.8, 4) is 0 Å². The van der Waals surface area contributed by atoms with Crippen LogP contribution in [-0.4, -0.2) is 0 Å². The Balaban J connectivity index is 2.89. The van der Waals surface area contributed by atoms with Crippen LogP contribution in [0.2, 0.25) is 0 Å². The second kappa shape index (κ2) is 2.87. The van der Waals surface area contributed by atoms with Gasteiger partial charge in [0.2, 0.25) is 0 Å². The molecule has 0 aromatic heterocycles. The van der Waals surface area contributed by atoms with Gasteiger partial charge in [0, 0.05) is 0 Å². The van der Waals surface area contributed by atoms with Crippen LogP contribution in [0.15, 0.2) is 24.3 Å². The summed E-state index contributed by atoms with van der Waals surface area (Å²) >= 11 is 0. The summed E-state index contributed by atoms with van der Waals surface area (Å²) in [6, 6.07) is 8.71. The van der Waals surface area contributed by atoms with Gasteiger partial charge in [0.15, 0.2) is 0 Å². The molecule has 0 spiro atoms. The van der Waals surface area contributed by atoms with E-state index in [2.05, 4.69) is 45.0 Å². The zero-order valence-corrected chi connectivity index (χ0v) is 6.89. The maximum Gasteiger partial charge on any atom is -0.0219 e. The first-order valence-electron chi connectivity index (χ1n) is 3.76. The molecule has 0 aliphatic heterocycles. The molecule has 1 rings (SSSR count). The van der Waals surface area contributed by atoms with Crippen LogP contribution >= 0.6 is 0 Å². The molecule has 54 valence electrons. The molecule has 0 aliphatic rings. The highest BCUT2D eigenvalue weighted by Gasteiger charge is 1.95. The normalized spacial score (nSPS) is 10.4. The summed E-state index contributed by atoms with van der Waals surface area (Å²) in [4.78, 5) is 0. The number of aryl methyl sites for hydroxylation is 1. The summed E-state index contributed by atoms with van der Waals surface area (Å²) in [5, 5.41) is 0. The Morgan fingerprint density at radius 2 is 1.50 bits per heavy atom. The third-order valence-electron chi connectivity index (χ3n) is 1.74. The van der Waals surface area contributed by atoms with Gasteiger partial charge in [-0.2, -0.15) is 0 Å². The number of benzene rings is 1. The highest BCUT2D eigenvalue weighted by atomic mass is 14.0. The predicted octanol–water partition coefficient (Wildman–Crippen LogP) is 3.12. The SMILES string of the molecule is CC(C)c1ccc([11CH3])cc1. The topological polar surface area (TPSA) is 0 Å². The molecule has 0 bridgehead atoms. The largest absolute Gasteiger partial charge is 0.0590 e. The smallest absolute Gasteiger partial charge is 0.0219 e. The van der Waals surface area contributed by atoms with Crippen LogP contribution in [0, 0.1) is 6.92 Å². The second-order valence-corrected chi connectivity index (χ2v) is 3.07. The average Bonchev–Trinajstić information content (AvgIpc) is 1.88. The fourth-order valence-electron chi connectivity index (χ4n) is 0.951. The van der Waals surface area contributed by atoms with E-state index >= 15 is 0 Å². The second-order valence-electron chi connectivity index (χ2n) is 3.07. The van der Waals surface area contributed by atoms with Crippen LogP contribution in [-0.2, 0) is 0 Å². The van der Waals surface area contributed by atoms with Gasteiger partial charge in [-0.3, -0.25) is 0 Å². The first-order chi connectivity index (χ1) is 4.70. The first-order valence-corrected chi connectivity index (χ1v) is 3.76. The fourth-order valence-corrected chi connectivity index (χ4v) is 0.951. The maximum atomic E-state index is 2.21. The maximum absolute atomic E-state index is 2.21. The van der Waals surface area contributed by atoms with Crippen LogP contribution in [0.5, 0.6) is 0 Å². The quantitative estimate of drug-likeness (QED) is 0.552. The molecular formula is C10H14. The predicted molar refractivity (Wildman–Crippen MR) is 45.3 cm³/mol. The van der Waals surface area contributed by atoms with Crippen LogP contribution < -0.4 is 0 Å². The van der Waals surface area contributed by atoms with E-state index in [0.717, 1.165) is 0 Å². The lowest BCUT2D eigenvalue weighted by Gasteiger charge is -2.03. The van der Waals surface area contributed by atoms with Crippen LogP contribution in [0.25, 0.3) is 0 Å². The van der Waals surface area contributed by atoms with Crippen molar-refractivity contribution in [1.82, 2.24) is 0 Å². The van der Waals surface area contributed by atoms with Gasteiger partial charge in [-0.1, -0.05) is 43.7 Å². The number of hydrogen-bond donors (Lipinski definition) is 0. The summed E-state index contributed by atoms with van der Waals surface area (Å²) < 4.78 is 0. The molecule has 0 N–H and O–H groups in total. The molecule has 0 radical (unpaired) electrons. The average molecular weight is 133 g/mol. The Morgan fingerprint density at radius 1 is 1.00 bits per heavy atom. The molecule has 0 heterocycles. The Hall–Kier alpha value is -0.780. The third kappa shape index (κ3) is 1.60. The van der Waals surface area contributed by atoms with Gasteiger partial charge in [-0.25, -0.2) is 0 Å². The first kappa shape index (κ1) is 7.33.